The summed E-state index contributed by atoms with van der Waals surface area (Å²) in [5, 5.41) is 2.61. The maximum absolute atomic E-state index is 15.6. The molecule has 8 nitrogen and oxygen atoms in total. The molecular formula is C34H39ClF2LiN6O2-. The van der Waals surface area contributed by atoms with E-state index in [1.807, 2.05) is 37.3 Å². The predicted molar refractivity (Wildman–Crippen MR) is 175 cm³/mol. The van der Waals surface area contributed by atoms with Crippen molar-refractivity contribution in [1.82, 2.24) is 24.8 Å². The number of amides is 1. The zero-order chi connectivity index (χ0) is 32.9. The first kappa shape index (κ1) is 37.3. The van der Waals surface area contributed by atoms with Crippen LogP contribution in [-0.4, -0.2) is 74.5 Å². The number of carbonyl (C=O) groups excluding carboxylic acids is 1. The molecule has 0 aliphatic carbocycles. The molecule has 1 saturated heterocycles. The first-order valence-electron chi connectivity index (χ1n) is 14.9. The summed E-state index contributed by atoms with van der Waals surface area (Å²) in [6, 6.07) is 11.5. The molecular weight excluding hydrogens is 605 g/mol. The molecule has 4 aromatic rings. The van der Waals surface area contributed by atoms with E-state index in [-0.39, 0.29) is 54.2 Å². The van der Waals surface area contributed by atoms with Crippen molar-refractivity contribution in [2.24, 2.45) is 5.73 Å². The number of nitrogens with zero attached hydrogens (tertiary/aromatic N) is 5. The number of aromatic nitrogens is 3. The Balaban J connectivity index is 0.000000352. The molecule has 1 fully saturated rings. The van der Waals surface area contributed by atoms with Crippen molar-refractivity contribution >= 4 is 39.2 Å². The van der Waals surface area contributed by atoms with Gasteiger partial charge in [0, 0.05) is 52.2 Å². The predicted octanol–water partition coefficient (Wildman–Crippen LogP) is 3.56. The number of hydrogen-bond acceptors (Lipinski definition) is 7. The Morgan fingerprint density at radius 2 is 2.00 bits per heavy atom. The second-order valence-corrected chi connectivity index (χ2v) is 12.2. The third-order valence-corrected chi connectivity index (χ3v) is 8.23. The summed E-state index contributed by atoms with van der Waals surface area (Å²) in [5.74, 6) is -2.22. The Labute approximate surface area is 286 Å². The van der Waals surface area contributed by atoms with Crippen LogP contribution in [0.25, 0.3) is 32.9 Å². The molecule has 12 heteroatoms. The van der Waals surface area contributed by atoms with Crippen LogP contribution in [0.2, 0.25) is 5.02 Å². The monoisotopic (exact) mass is 643 g/mol. The van der Waals surface area contributed by atoms with Crippen molar-refractivity contribution in [2.45, 2.75) is 58.2 Å². The number of ether oxygens (including phenoxy) is 1. The summed E-state index contributed by atoms with van der Waals surface area (Å²) < 4.78 is 34.0. The number of hydrogen-bond donors (Lipinski definition) is 1. The number of halogens is 3. The van der Waals surface area contributed by atoms with E-state index < -0.39 is 17.6 Å². The van der Waals surface area contributed by atoms with Gasteiger partial charge in [0.2, 0.25) is 6.01 Å². The van der Waals surface area contributed by atoms with Crippen LogP contribution < -0.4 is 29.3 Å². The van der Waals surface area contributed by atoms with Gasteiger partial charge in [-0.2, -0.15) is 0 Å². The fraction of sp³-hybridized carbons (Fsp3) is 0.382. The van der Waals surface area contributed by atoms with E-state index >= 15 is 4.39 Å². The number of pyridine rings is 1. The minimum Gasteiger partial charge on any atom is -0.505 e. The summed E-state index contributed by atoms with van der Waals surface area (Å²) in [6.07, 6.45) is 6.08. The van der Waals surface area contributed by atoms with Crippen LogP contribution >= 0.6 is 11.6 Å². The normalized spacial score (nSPS) is 15.3. The summed E-state index contributed by atoms with van der Waals surface area (Å²) >= 11 is 6.44. The summed E-state index contributed by atoms with van der Waals surface area (Å²) in [6.45, 7) is 16.9. The van der Waals surface area contributed by atoms with Crippen LogP contribution in [0.15, 0.2) is 55.0 Å². The van der Waals surface area contributed by atoms with Crippen molar-refractivity contribution in [3.63, 3.8) is 0 Å². The number of benzene rings is 2. The molecule has 2 N–H and O–H groups in total. The van der Waals surface area contributed by atoms with E-state index in [2.05, 4.69) is 60.3 Å². The van der Waals surface area contributed by atoms with Gasteiger partial charge in [0.15, 0.2) is 5.83 Å². The van der Waals surface area contributed by atoms with E-state index in [1.165, 1.54) is 11.1 Å². The van der Waals surface area contributed by atoms with Gasteiger partial charge in [-0.1, -0.05) is 60.8 Å². The van der Waals surface area contributed by atoms with Crippen LogP contribution in [0.4, 0.5) is 8.78 Å². The quantitative estimate of drug-likeness (QED) is 0.169. The van der Waals surface area contributed by atoms with Crippen molar-refractivity contribution in [3.8, 4) is 17.3 Å². The molecule has 3 heterocycles. The number of rotatable bonds is 9. The zero-order valence-corrected chi connectivity index (χ0v) is 27.9. The molecule has 1 unspecified atom stereocenters. The van der Waals surface area contributed by atoms with E-state index in [0.29, 0.717) is 41.6 Å². The largest absolute Gasteiger partial charge is 1.00 e. The Morgan fingerprint density at radius 1 is 1.30 bits per heavy atom. The zero-order valence-electron chi connectivity index (χ0n) is 27.1. The van der Waals surface area contributed by atoms with Gasteiger partial charge in [-0.05, 0) is 57.5 Å². The van der Waals surface area contributed by atoms with E-state index in [0.717, 1.165) is 23.7 Å². The topological polar surface area (TPSA) is 97.5 Å². The molecule has 240 valence electrons. The molecule has 5 rings (SSSR count). The van der Waals surface area contributed by atoms with E-state index in [4.69, 9.17) is 22.1 Å². The molecule has 1 amide bonds. The van der Waals surface area contributed by atoms with Gasteiger partial charge >= 0.3 is 18.9 Å². The van der Waals surface area contributed by atoms with Crippen molar-refractivity contribution in [3.05, 3.63) is 79.0 Å². The molecule has 46 heavy (non-hydrogen) atoms. The van der Waals surface area contributed by atoms with Gasteiger partial charge in [0.25, 0.3) is 5.91 Å². The maximum Gasteiger partial charge on any atom is 1.00 e. The van der Waals surface area contributed by atoms with Crippen molar-refractivity contribution in [2.75, 3.05) is 26.2 Å². The Bertz CT molecular complexity index is 1680. The van der Waals surface area contributed by atoms with Gasteiger partial charge < -0.3 is 32.3 Å². The molecule has 0 saturated carbocycles. The molecule has 0 bridgehead atoms. The third kappa shape index (κ3) is 8.22. The molecule has 1 aliphatic heterocycles. The SMILES string of the molecule is C=C(F)C(=O)N(C[CH2-])[C@@H](CC)CN.CC(C)(C)N1CCC1COc1n[c-]c2cnc(-c3cccc4cccc(Cl)c34)c(F)c2n1.[Li+]. The van der Waals surface area contributed by atoms with Gasteiger partial charge in [-0.3, -0.25) is 14.7 Å². The number of likely N-dealkylation sites (tertiary alicyclic amines) is 1. The van der Waals surface area contributed by atoms with Crippen LogP contribution in [0.5, 0.6) is 6.01 Å². The maximum atomic E-state index is 15.6. The van der Waals surface area contributed by atoms with Gasteiger partial charge in [0.1, 0.15) is 5.82 Å². The molecule has 2 atom stereocenters. The molecule has 2 aromatic carbocycles. The average Bonchev–Trinajstić information content (AvgIpc) is 2.99. The first-order valence-corrected chi connectivity index (χ1v) is 15.2. The molecule has 1 aliphatic rings. The molecule has 0 spiro atoms. The average molecular weight is 644 g/mol. The Kier molecular flexibility index (Phi) is 13.1. The minimum absolute atomic E-state index is 0. The third-order valence-electron chi connectivity index (χ3n) is 7.91. The fourth-order valence-electron chi connectivity index (χ4n) is 5.43. The second-order valence-electron chi connectivity index (χ2n) is 11.8. The molecule has 2 aromatic heterocycles. The fourth-order valence-corrected chi connectivity index (χ4v) is 5.71. The molecule has 0 radical (unpaired) electrons. The summed E-state index contributed by atoms with van der Waals surface area (Å²) in [4.78, 5) is 27.7. The second kappa shape index (κ2) is 16.1. The standard InChI is InChI=1S/C25H23ClFN4O.C9H16FN2O.Li/c1-25(2,3)31-11-10-17(31)14-32-24-29-13-16-12-28-23(21(27)22(16)30-24)18-8-4-6-15-7-5-9-19(26)20(15)18;1-4-8(6-11)12(5-2)9(13)7(3)10;/h4-9,12,17H,10-11,14H2,1-3H3;8H,2-6,11H2,1H3;/q2*-1;+1/t;8-;/m.0./s1. The van der Waals surface area contributed by atoms with Gasteiger partial charge in [-0.25, -0.2) is 8.78 Å². The minimum atomic E-state index is -0.962. The summed E-state index contributed by atoms with van der Waals surface area (Å²) in [7, 11) is 0. The first-order chi connectivity index (χ1) is 21.4. The Morgan fingerprint density at radius 3 is 2.57 bits per heavy atom. The van der Waals surface area contributed by atoms with Gasteiger partial charge in [-0.15, -0.1) is 6.54 Å². The van der Waals surface area contributed by atoms with E-state index in [9.17, 15) is 9.18 Å². The van der Waals surface area contributed by atoms with Crippen molar-refractivity contribution in [1.29, 1.82) is 0 Å². The summed E-state index contributed by atoms with van der Waals surface area (Å²) in [5.41, 5.74) is 6.43. The van der Waals surface area contributed by atoms with Crippen LogP contribution in [0.3, 0.4) is 0 Å². The Hall–Kier alpha value is -3.13. The van der Waals surface area contributed by atoms with Crippen LogP contribution in [-0.2, 0) is 4.79 Å². The van der Waals surface area contributed by atoms with Crippen LogP contribution in [0.1, 0.15) is 40.5 Å². The number of fused-ring (bicyclic) bond motifs is 2. The van der Waals surface area contributed by atoms with Crippen molar-refractivity contribution < 1.29 is 37.2 Å². The van der Waals surface area contributed by atoms with E-state index in [1.54, 1.807) is 6.07 Å². The number of carbonyl (C=O) groups is 1. The van der Waals surface area contributed by atoms with Gasteiger partial charge in [0.05, 0.1) is 12.3 Å². The smallest absolute Gasteiger partial charge is 0.505 e. The van der Waals surface area contributed by atoms with Crippen LogP contribution in [0, 0.1) is 18.9 Å². The number of nitrogens with two attached hydrogens (primary N) is 1.